The number of methoxy groups -OCH3 is 1. The largest absolute Gasteiger partial charge is 0.468 e. The molecule has 0 aromatic rings. The van der Waals surface area contributed by atoms with Gasteiger partial charge in [0.1, 0.15) is 11.8 Å². The fraction of sp³-hybridized carbons (Fsp3) is 0.846. The van der Waals surface area contributed by atoms with E-state index >= 15 is 0 Å². The third-order valence-corrected chi connectivity index (χ3v) is 4.53. The molecule has 2 rings (SSSR count). The van der Waals surface area contributed by atoms with Crippen LogP contribution >= 0.6 is 0 Å². The van der Waals surface area contributed by atoms with E-state index in [9.17, 15) is 9.59 Å². The second kappa shape index (κ2) is 4.77. The highest BCUT2D eigenvalue weighted by molar-refractivity contribution is 5.89. The van der Waals surface area contributed by atoms with Crippen molar-refractivity contribution < 1.29 is 14.3 Å². The number of nitrogens with one attached hydrogen (secondary N) is 1. The van der Waals surface area contributed by atoms with Gasteiger partial charge in [-0.1, -0.05) is 13.8 Å². The highest BCUT2D eigenvalue weighted by Crippen LogP contribution is 2.37. The van der Waals surface area contributed by atoms with Crippen LogP contribution in [0.2, 0.25) is 0 Å². The molecule has 5 unspecified atom stereocenters. The number of piperidine rings is 1. The maximum Gasteiger partial charge on any atom is 0.323 e. The molecule has 4 heteroatoms. The summed E-state index contributed by atoms with van der Waals surface area (Å²) in [5.41, 5.74) is 0. The Hall–Kier alpha value is -0.900. The first-order chi connectivity index (χ1) is 8.04. The van der Waals surface area contributed by atoms with Gasteiger partial charge in [0.2, 0.25) is 0 Å². The second-order valence-corrected chi connectivity index (χ2v) is 5.46. The van der Waals surface area contributed by atoms with Crippen LogP contribution < -0.4 is 5.32 Å². The third kappa shape index (κ3) is 2.23. The fourth-order valence-corrected chi connectivity index (χ4v) is 3.17. The molecule has 1 aliphatic heterocycles. The van der Waals surface area contributed by atoms with Crippen molar-refractivity contribution in [2.75, 3.05) is 7.11 Å². The molecule has 2 aliphatic rings. The zero-order valence-electron chi connectivity index (χ0n) is 10.7. The van der Waals surface area contributed by atoms with Crippen molar-refractivity contribution in [2.24, 2.45) is 17.8 Å². The number of carbonyl (C=O) groups is 2. The minimum absolute atomic E-state index is 0.0992. The lowest BCUT2D eigenvalue weighted by Gasteiger charge is -2.44. The van der Waals surface area contributed by atoms with Crippen molar-refractivity contribution in [2.45, 2.75) is 45.2 Å². The van der Waals surface area contributed by atoms with Gasteiger partial charge in [-0.15, -0.1) is 0 Å². The maximum atomic E-state index is 12.1. The standard InChI is InChI=1S/C13H21NO3/c1-7-4-5-9-11(15)6-10(13(16)17-3)14-12(9)8(7)2/h7-10,12,14H,4-6H2,1-3H3. The molecule has 0 aromatic carbocycles. The summed E-state index contributed by atoms with van der Waals surface area (Å²) in [5, 5.41) is 3.32. The van der Waals surface area contributed by atoms with Gasteiger partial charge in [-0.25, -0.2) is 0 Å². The second-order valence-electron chi connectivity index (χ2n) is 5.46. The van der Waals surface area contributed by atoms with Crippen LogP contribution in [0.25, 0.3) is 0 Å². The predicted molar refractivity (Wildman–Crippen MR) is 63.4 cm³/mol. The molecule has 1 N–H and O–H groups in total. The van der Waals surface area contributed by atoms with Crippen LogP contribution in [0.1, 0.15) is 33.1 Å². The topological polar surface area (TPSA) is 55.4 Å². The molecule has 0 aromatic heterocycles. The van der Waals surface area contributed by atoms with Crippen LogP contribution in [0.15, 0.2) is 0 Å². The van der Waals surface area contributed by atoms with Crippen molar-refractivity contribution in [3.05, 3.63) is 0 Å². The lowest BCUT2D eigenvalue weighted by molar-refractivity contribution is -0.148. The minimum Gasteiger partial charge on any atom is -0.468 e. The van der Waals surface area contributed by atoms with Crippen LogP contribution in [0, 0.1) is 17.8 Å². The molecule has 1 aliphatic carbocycles. The number of Topliss-reactive ketones (excluding diaryl/α,β-unsaturated/α-hetero) is 1. The van der Waals surface area contributed by atoms with Crippen LogP contribution in [0.4, 0.5) is 0 Å². The molecule has 1 saturated heterocycles. The highest BCUT2D eigenvalue weighted by atomic mass is 16.5. The Labute approximate surface area is 102 Å². The van der Waals surface area contributed by atoms with Crippen molar-refractivity contribution in [1.82, 2.24) is 5.32 Å². The molecule has 96 valence electrons. The molecule has 0 bridgehead atoms. The lowest BCUT2D eigenvalue weighted by Crippen LogP contribution is -2.60. The maximum absolute atomic E-state index is 12.1. The first kappa shape index (κ1) is 12.6. The Morgan fingerprint density at radius 1 is 1.35 bits per heavy atom. The van der Waals surface area contributed by atoms with E-state index in [2.05, 4.69) is 19.2 Å². The number of hydrogen-bond acceptors (Lipinski definition) is 4. The smallest absolute Gasteiger partial charge is 0.323 e. The van der Waals surface area contributed by atoms with Gasteiger partial charge >= 0.3 is 5.97 Å². The molecule has 0 radical (unpaired) electrons. The number of ether oxygens (including phenoxy) is 1. The summed E-state index contributed by atoms with van der Waals surface area (Å²) >= 11 is 0. The zero-order valence-corrected chi connectivity index (χ0v) is 10.7. The lowest BCUT2D eigenvalue weighted by atomic mass is 9.68. The number of carbonyl (C=O) groups excluding carboxylic acids is 2. The summed E-state index contributed by atoms with van der Waals surface area (Å²) in [5.74, 6) is 1.05. The van der Waals surface area contributed by atoms with E-state index in [0.717, 1.165) is 12.8 Å². The average molecular weight is 239 g/mol. The summed E-state index contributed by atoms with van der Waals surface area (Å²) in [4.78, 5) is 23.6. The number of esters is 1. The van der Waals surface area contributed by atoms with E-state index in [1.165, 1.54) is 7.11 Å². The van der Waals surface area contributed by atoms with E-state index in [1.54, 1.807) is 0 Å². The third-order valence-electron chi connectivity index (χ3n) is 4.53. The monoisotopic (exact) mass is 239 g/mol. The molecule has 0 spiro atoms. The fourth-order valence-electron chi connectivity index (χ4n) is 3.17. The van der Waals surface area contributed by atoms with E-state index in [4.69, 9.17) is 4.74 Å². The van der Waals surface area contributed by atoms with Gasteiger partial charge in [0.25, 0.3) is 0 Å². The molecule has 1 heterocycles. The predicted octanol–water partition coefficient (Wildman–Crippen LogP) is 1.14. The van der Waals surface area contributed by atoms with Crippen LogP contribution in [-0.4, -0.2) is 30.9 Å². The van der Waals surface area contributed by atoms with E-state index in [0.29, 0.717) is 11.8 Å². The van der Waals surface area contributed by atoms with Crippen molar-refractivity contribution in [1.29, 1.82) is 0 Å². The van der Waals surface area contributed by atoms with Crippen LogP contribution in [0.5, 0.6) is 0 Å². The average Bonchev–Trinajstić information content (AvgIpc) is 2.33. The molecular weight excluding hydrogens is 218 g/mol. The van der Waals surface area contributed by atoms with Crippen molar-refractivity contribution in [3.8, 4) is 0 Å². The van der Waals surface area contributed by atoms with Gasteiger partial charge in [-0.3, -0.25) is 9.59 Å². The Balaban J connectivity index is 2.14. The first-order valence-corrected chi connectivity index (χ1v) is 6.41. The van der Waals surface area contributed by atoms with Gasteiger partial charge in [0.05, 0.1) is 7.11 Å². The Bertz CT molecular complexity index is 329. The number of fused-ring (bicyclic) bond motifs is 1. The van der Waals surface area contributed by atoms with E-state index < -0.39 is 6.04 Å². The first-order valence-electron chi connectivity index (χ1n) is 6.41. The Kier molecular flexibility index (Phi) is 3.52. The SMILES string of the molecule is COC(=O)C1CC(=O)C2CCC(C)C(C)C2N1. The van der Waals surface area contributed by atoms with Crippen molar-refractivity contribution >= 4 is 11.8 Å². The van der Waals surface area contributed by atoms with E-state index in [-0.39, 0.29) is 30.1 Å². The number of rotatable bonds is 1. The Morgan fingerprint density at radius 3 is 2.71 bits per heavy atom. The molecule has 2 fully saturated rings. The molecule has 4 nitrogen and oxygen atoms in total. The summed E-state index contributed by atoms with van der Waals surface area (Å²) in [6.45, 7) is 4.39. The van der Waals surface area contributed by atoms with Gasteiger partial charge in [0.15, 0.2) is 0 Å². The number of hydrogen-bond donors (Lipinski definition) is 1. The van der Waals surface area contributed by atoms with Gasteiger partial charge in [-0.05, 0) is 24.7 Å². The highest BCUT2D eigenvalue weighted by Gasteiger charge is 2.44. The molecule has 17 heavy (non-hydrogen) atoms. The van der Waals surface area contributed by atoms with E-state index in [1.807, 2.05) is 0 Å². The molecule has 0 amide bonds. The zero-order chi connectivity index (χ0) is 12.6. The normalized spacial score (nSPS) is 41.8. The van der Waals surface area contributed by atoms with Gasteiger partial charge < -0.3 is 10.1 Å². The van der Waals surface area contributed by atoms with Gasteiger partial charge in [0, 0.05) is 18.4 Å². The summed E-state index contributed by atoms with van der Waals surface area (Å²) in [6, 6.07) is -0.300. The quantitative estimate of drug-likeness (QED) is 0.697. The molecule has 5 atom stereocenters. The van der Waals surface area contributed by atoms with Crippen LogP contribution in [-0.2, 0) is 14.3 Å². The van der Waals surface area contributed by atoms with Crippen LogP contribution in [0.3, 0.4) is 0 Å². The summed E-state index contributed by atoms with van der Waals surface area (Å²) < 4.78 is 4.73. The van der Waals surface area contributed by atoms with Gasteiger partial charge in [-0.2, -0.15) is 0 Å². The number of ketones is 1. The summed E-state index contributed by atoms with van der Waals surface area (Å²) in [7, 11) is 1.37. The molecular formula is C13H21NO3. The molecule has 1 saturated carbocycles. The summed E-state index contributed by atoms with van der Waals surface area (Å²) in [6.07, 6.45) is 2.35. The minimum atomic E-state index is -0.443. The van der Waals surface area contributed by atoms with Crippen molar-refractivity contribution in [3.63, 3.8) is 0 Å². The Morgan fingerprint density at radius 2 is 2.06 bits per heavy atom.